The van der Waals surface area contributed by atoms with Crippen molar-refractivity contribution in [2.75, 3.05) is 11.9 Å². The number of carbonyl (C=O) groups is 1. The van der Waals surface area contributed by atoms with Crippen LogP contribution in [0.1, 0.15) is 17.3 Å². The lowest BCUT2D eigenvalue weighted by molar-refractivity contribution is 0.102. The molecule has 3 aromatic carbocycles. The first-order chi connectivity index (χ1) is 15.2. The molecule has 0 radical (unpaired) electrons. The molecular formula is C25H21N3O3. The zero-order valence-corrected chi connectivity index (χ0v) is 17.0. The first-order valence-electron chi connectivity index (χ1n) is 9.91. The van der Waals surface area contributed by atoms with Gasteiger partial charge < -0.3 is 14.8 Å². The Balaban J connectivity index is 1.44. The highest BCUT2D eigenvalue weighted by Gasteiger charge is 2.10. The monoisotopic (exact) mass is 411 g/mol. The predicted molar refractivity (Wildman–Crippen MR) is 120 cm³/mol. The molecule has 0 saturated carbocycles. The quantitative estimate of drug-likeness (QED) is 0.429. The van der Waals surface area contributed by atoms with Crippen LogP contribution in [0.15, 0.2) is 91.3 Å². The smallest absolute Gasteiger partial charge is 0.321 e. The van der Waals surface area contributed by atoms with Crippen LogP contribution in [0.25, 0.3) is 11.1 Å². The Morgan fingerprint density at radius 3 is 2.23 bits per heavy atom. The highest BCUT2D eigenvalue weighted by molar-refractivity contribution is 6.05. The minimum atomic E-state index is -0.207. The summed E-state index contributed by atoms with van der Waals surface area (Å²) in [4.78, 5) is 21.2. The SMILES string of the molecule is CCOc1ccccc1NC(=O)c1ccc(-c2cnc(Oc3ccccc3)nc2)cc1. The van der Waals surface area contributed by atoms with E-state index in [0.29, 0.717) is 29.4 Å². The number of nitrogens with one attached hydrogen (secondary N) is 1. The van der Waals surface area contributed by atoms with Crippen molar-refractivity contribution >= 4 is 11.6 Å². The van der Waals surface area contributed by atoms with Crippen LogP contribution in [-0.4, -0.2) is 22.5 Å². The lowest BCUT2D eigenvalue weighted by Gasteiger charge is -2.11. The van der Waals surface area contributed by atoms with Crippen molar-refractivity contribution in [3.63, 3.8) is 0 Å². The van der Waals surface area contributed by atoms with Crippen molar-refractivity contribution in [3.8, 4) is 28.6 Å². The molecule has 31 heavy (non-hydrogen) atoms. The summed E-state index contributed by atoms with van der Waals surface area (Å²) in [6.45, 7) is 2.43. The molecule has 6 nitrogen and oxygen atoms in total. The average Bonchev–Trinajstić information content (AvgIpc) is 2.82. The summed E-state index contributed by atoms with van der Waals surface area (Å²) in [6, 6.07) is 24.3. The number of rotatable bonds is 7. The number of benzene rings is 3. The fourth-order valence-corrected chi connectivity index (χ4v) is 2.97. The maximum absolute atomic E-state index is 12.6. The van der Waals surface area contributed by atoms with E-state index >= 15 is 0 Å². The lowest BCUT2D eigenvalue weighted by Crippen LogP contribution is -2.12. The van der Waals surface area contributed by atoms with Gasteiger partial charge in [0.2, 0.25) is 0 Å². The number of ether oxygens (including phenoxy) is 2. The first kappa shape index (κ1) is 20.1. The summed E-state index contributed by atoms with van der Waals surface area (Å²) in [7, 11) is 0. The molecule has 0 fully saturated rings. The third-order valence-electron chi connectivity index (χ3n) is 4.50. The van der Waals surface area contributed by atoms with Crippen LogP contribution < -0.4 is 14.8 Å². The van der Waals surface area contributed by atoms with Gasteiger partial charge in [-0.25, -0.2) is 9.97 Å². The minimum Gasteiger partial charge on any atom is -0.492 e. The van der Waals surface area contributed by atoms with Gasteiger partial charge in [0, 0.05) is 23.5 Å². The standard InChI is InChI=1S/C25H21N3O3/c1-2-30-23-11-7-6-10-22(23)28-24(29)19-14-12-18(13-15-19)20-16-26-25(27-17-20)31-21-8-4-3-5-9-21/h3-17H,2H2,1H3,(H,28,29). The molecule has 4 aromatic rings. The molecule has 0 bridgehead atoms. The van der Waals surface area contributed by atoms with Crippen LogP contribution in [0.5, 0.6) is 17.5 Å². The number of para-hydroxylation sites is 3. The van der Waals surface area contributed by atoms with Crippen LogP contribution in [0, 0.1) is 0 Å². The Bertz CT molecular complexity index is 1140. The minimum absolute atomic E-state index is 0.207. The largest absolute Gasteiger partial charge is 0.492 e. The predicted octanol–water partition coefficient (Wildman–Crippen LogP) is 5.59. The number of aromatic nitrogens is 2. The second kappa shape index (κ2) is 9.54. The summed E-state index contributed by atoms with van der Waals surface area (Å²) < 4.78 is 11.2. The van der Waals surface area contributed by atoms with Gasteiger partial charge in [0.05, 0.1) is 12.3 Å². The first-order valence-corrected chi connectivity index (χ1v) is 9.91. The number of hydrogen-bond donors (Lipinski definition) is 1. The molecule has 0 spiro atoms. The number of carbonyl (C=O) groups excluding carboxylic acids is 1. The van der Waals surface area contributed by atoms with E-state index in [1.54, 1.807) is 24.5 Å². The van der Waals surface area contributed by atoms with Gasteiger partial charge in [0.25, 0.3) is 5.91 Å². The fraction of sp³-hybridized carbons (Fsp3) is 0.0800. The normalized spacial score (nSPS) is 10.4. The van der Waals surface area contributed by atoms with E-state index in [2.05, 4.69) is 15.3 Å². The third kappa shape index (κ3) is 5.05. The van der Waals surface area contributed by atoms with E-state index in [1.165, 1.54) is 0 Å². The molecule has 1 N–H and O–H groups in total. The number of amides is 1. The molecule has 0 saturated heterocycles. The molecule has 0 aliphatic heterocycles. The molecule has 154 valence electrons. The van der Waals surface area contributed by atoms with Gasteiger partial charge in [-0.1, -0.05) is 42.5 Å². The Kier molecular flexibility index (Phi) is 6.18. The summed E-state index contributed by atoms with van der Waals surface area (Å²) in [5.74, 6) is 1.11. The summed E-state index contributed by atoms with van der Waals surface area (Å²) >= 11 is 0. The van der Waals surface area contributed by atoms with Gasteiger partial charge >= 0.3 is 6.01 Å². The van der Waals surface area contributed by atoms with Crippen molar-refractivity contribution < 1.29 is 14.3 Å². The topological polar surface area (TPSA) is 73.3 Å². The summed E-state index contributed by atoms with van der Waals surface area (Å²) in [6.07, 6.45) is 3.39. The molecule has 0 aliphatic carbocycles. The van der Waals surface area contributed by atoms with Crippen molar-refractivity contribution in [1.29, 1.82) is 0 Å². The number of nitrogens with zero attached hydrogens (tertiary/aromatic N) is 2. The molecule has 0 aliphatic rings. The zero-order chi connectivity index (χ0) is 21.5. The Morgan fingerprint density at radius 1 is 0.839 bits per heavy atom. The van der Waals surface area contributed by atoms with Crippen LogP contribution in [-0.2, 0) is 0 Å². The van der Waals surface area contributed by atoms with Gasteiger partial charge in [-0.2, -0.15) is 0 Å². The fourth-order valence-electron chi connectivity index (χ4n) is 2.97. The molecule has 6 heteroatoms. The molecule has 0 atom stereocenters. The highest BCUT2D eigenvalue weighted by atomic mass is 16.5. The zero-order valence-electron chi connectivity index (χ0n) is 17.0. The molecule has 1 heterocycles. The molecule has 4 rings (SSSR count). The van der Waals surface area contributed by atoms with Crippen LogP contribution in [0.2, 0.25) is 0 Å². The van der Waals surface area contributed by atoms with E-state index in [1.807, 2.05) is 73.7 Å². The van der Waals surface area contributed by atoms with Crippen LogP contribution >= 0.6 is 0 Å². The molecule has 0 unspecified atom stereocenters. The van der Waals surface area contributed by atoms with E-state index in [4.69, 9.17) is 9.47 Å². The van der Waals surface area contributed by atoms with Crippen molar-refractivity contribution in [3.05, 3.63) is 96.8 Å². The van der Waals surface area contributed by atoms with Crippen LogP contribution in [0.4, 0.5) is 5.69 Å². The Hall–Kier alpha value is -4.19. The summed E-state index contributed by atoms with van der Waals surface area (Å²) in [5.41, 5.74) is 2.91. The van der Waals surface area contributed by atoms with Gasteiger partial charge in [0.15, 0.2) is 0 Å². The van der Waals surface area contributed by atoms with Crippen molar-refractivity contribution in [2.24, 2.45) is 0 Å². The van der Waals surface area contributed by atoms with Gasteiger partial charge in [-0.15, -0.1) is 0 Å². The van der Waals surface area contributed by atoms with Gasteiger partial charge in [-0.3, -0.25) is 4.79 Å². The number of anilines is 1. The maximum atomic E-state index is 12.6. The van der Waals surface area contributed by atoms with E-state index in [-0.39, 0.29) is 11.9 Å². The van der Waals surface area contributed by atoms with E-state index < -0.39 is 0 Å². The van der Waals surface area contributed by atoms with Gasteiger partial charge in [0.1, 0.15) is 11.5 Å². The Morgan fingerprint density at radius 2 is 1.52 bits per heavy atom. The third-order valence-corrected chi connectivity index (χ3v) is 4.50. The second-order valence-corrected chi connectivity index (χ2v) is 6.63. The van der Waals surface area contributed by atoms with E-state index in [0.717, 1.165) is 11.1 Å². The second-order valence-electron chi connectivity index (χ2n) is 6.63. The Labute approximate surface area is 180 Å². The average molecular weight is 411 g/mol. The lowest BCUT2D eigenvalue weighted by atomic mass is 10.1. The molecule has 1 aromatic heterocycles. The maximum Gasteiger partial charge on any atom is 0.321 e. The molecule has 1 amide bonds. The summed E-state index contributed by atoms with van der Waals surface area (Å²) in [5, 5.41) is 2.90. The van der Waals surface area contributed by atoms with Crippen molar-refractivity contribution in [2.45, 2.75) is 6.92 Å². The van der Waals surface area contributed by atoms with Gasteiger partial charge in [-0.05, 0) is 48.9 Å². The molecular weight excluding hydrogens is 390 g/mol. The van der Waals surface area contributed by atoms with E-state index in [9.17, 15) is 4.79 Å². The van der Waals surface area contributed by atoms with Crippen molar-refractivity contribution in [1.82, 2.24) is 9.97 Å². The number of hydrogen-bond acceptors (Lipinski definition) is 5. The highest BCUT2D eigenvalue weighted by Crippen LogP contribution is 2.25. The van der Waals surface area contributed by atoms with Crippen LogP contribution in [0.3, 0.4) is 0 Å².